The average Bonchev–Trinajstić information content (AvgIpc) is 2.60. The molecule has 0 saturated carbocycles. The number of hydrogen-bond acceptors (Lipinski definition) is 2. The number of fused-ring (bicyclic) bond motifs is 3. The summed E-state index contributed by atoms with van der Waals surface area (Å²) in [5.74, 6) is 0.981. The smallest absolute Gasteiger partial charge is 0.154 e. The van der Waals surface area contributed by atoms with E-state index in [-0.39, 0.29) is 19.4 Å². The standard InChI is InChI=1S/C20H23NO.CH4/c22-20-17-11-13-21(14-12-17)19(20)18(15-7-3-1-4-8-15)16-9-5-2-6-10-16;/h1,3-5,7-10,17-19H,2,6,11-14H2;1H4/t18?,19-;/m0./s1. The Morgan fingerprint density at radius 1 is 1.04 bits per heavy atom. The molecule has 0 N–H and O–H groups in total. The summed E-state index contributed by atoms with van der Waals surface area (Å²) in [5, 5.41) is 0. The van der Waals surface area contributed by atoms with E-state index in [0.717, 1.165) is 38.8 Å². The van der Waals surface area contributed by atoms with Gasteiger partial charge in [0.2, 0.25) is 0 Å². The molecule has 3 heterocycles. The summed E-state index contributed by atoms with van der Waals surface area (Å²) in [5.41, 5.74) is 2.62. The van der Waals surface area contributed by atoms with Gasteiger partial charge in [-0.1, -0.05) is 56.0 Å². The van der Waals surface area contributed by atoms with Crippen LogP contribution in [0.25, 0.3) is 0 Å². The van der Waals surface area contributed by atoms with Gasteiger partial charge in [-0.15, -0.1) is 0 Å². The van der Waals surface area contributed by atoms with Crippen LogP contribution in [0, 0.1) is 5.92 Å². The first-order valence-corrected chi connectivity index (χ1v) is 8.54. The molecule has 2 atom stereocenters. The van der Waals surface area contributed by atoms with Gasteiger partial charge in [-0.05, 0) is 49.9 Å². The summed E-state index contributed by atoms with van der Waals surface area (Å²) in [6.45, 7) is 2.17. The van der Waals surface area contributed by atoms with Crippen molar-refractivity contribution < 1.29 is 4.79 Å². The lowest BCUT2D eigenvalue weighted by atomic mass is 9.72. The van der Waals surface area contributed by atoms with Crippen LogP contribution >= 0.6 is 0 Å². The van der Waals surface area contributed by atoms with Crippen LogP contribution in [-0.4, -0.2) is 29.8 Å². The fourth-order valence-electron chi connectivity index (χ4n) is 4.34. The molecule has 0 spiro atoms. The fourth-order valence-corrected chi connectivity index (χ4v) is 4.34. The zero-order chi connectivity index (χ0) is 14.9. The quantitative estimate of drug-likeness (QED) is 0.827. The van der Waals surface area contributed by atoms with E-state index in [0.29, 0.717) is 11.7 Å². The Morgan fingerprint density at radius 3 is 2.39 bits per heavy atom. The predicted octanol–water partition coefficient (Wildman–Crippen LogP) is 4.35. The molecule has 122 valence electrons. The van der Waals surface area contributed by atoms with Crippen molar-refractivity contribution in [2.24, 2.45) is 5.92 Å². The van der Waals surface area contributed by atoms with Crippen molar-refractivity contribution in [2.45, 2.75) is 45.1 Å². The van der Waals surface area contributed by atoms with Crippen LogP contribution in [0.3, 0.4) is 0 Å². The number of benzene rings is 1. The van der Waals surface area contributed by atoms with Gasteiger partial charge in [-0.2, -0.15) is 0 Å². The molecule has 4 aliphatic rings. The highest BCUT2D eigenvalue weighted by Gasteiger charge is 2.45. The molecular formula is C21H27NO. The molecule has 0 aromatic heterocycles. The number of piperidine rings is 3. The minimum Gasteiger partial charge on any atom is -0.298 e. The molecule has 0 amide bonds. The summed E-state index contributed by atoms with van der Waals surface area (Å²) in [4.78, 5) is 15.4. The van der Waals surface area contributed by atoms with Crippen LogP contribution in [0.15, 0.2) is 54.1 Å². The van der Waals surface area contributed by atoms with Gasteiger partial charge in [-0.25, -0.2) is 0 Å². The molecule has 1 aliphatic carbocycles. The maximum atomic E-state index is 13.0. The van der Waals surface area contributed by atoms with Crippen molar-refractivity contribution in [1.82, 2.24) is 4.90 Å². The molecule has 3 saturated heterocycles. The molecule has 1 aromatic rings. The number of nitrogens with zero attached hydrogens (tertiary/aromatic N) is 1. The van der Waals surface area contributed by atoms with Crippen molar-refractivity contribution in [3.8, 4) is 0 Å². The molecule has 0 radical (unpaired) electrons. The summed E-state index contributed by atoms with van der Waals surface area (Å²) < 4.78 is 0. The van der Waals surface area contributed by atoms with Gasteiger partial charge < -0.3 is 0 Å². The van der Waals surface area contributed by atoms with Gasteiger partial charge >= 0.3 is 0 Å². The summed E-state index contributed by atoms with van der Waals surface area (Å²) in [6.07, 6.45) is 11.2. The van der Waals surface area contributed by atoms with Gasteiger partial charge in [0.25, 0.3) is 0 Å². The molecule has 5 rings (SSSR count). The highest BCUT2D eigenvalue weighted by Crippen LogP contribution is 2.40. The van der Waals surface area contributed by atoms with Crippen LogP contribution in [0.5, 0.6) is 0 Å². The maximum absolute atomic E-state index is 13.0. The van der Waals surface area contributed by atoms with E-state index < -0.39 is 0 Å². The highest BCUT2D eigenvalue weighted by molar-refractivity contribution is 5.89. The van der Waals surface area contributed by atoms with Crippen LogP contribution in [0.1, 0.15) is 44.6 Å². The lowest BCUT2D eigenvalue weighted by molar-refractivity contribution is -0.137. The first-order valence-electron chi connectivity index (χ1n) is 8.54. The largest absolute Gasteiger partial charge is 0.298 e. The number of allylic oxidation sites excluding steroid dienone is 3. The lowest BCUT2D eigenvalue weighted by Crippen LogP contribution is -2.57. The normalized spacial score (nSPS) is 30.5. The minimum atomic E-state index is 0. The lowest BCUT2D eigenvalue weighted by Gasteiger charge is -2.47. The number of carbonyl (C=O) groups is 1. The Kier molecular flexibility index (Phi) is 4.82. The van der Waals surface area contributed by atoms with Crippen LogP contribution in [-0.2, 0) is 4.79 Å². The van der Waals surface area contributed by atoms with Crippen LogP contribution in [0.2, 0.25) is 0 Å². The second-order valence-electron chi connectivity index (χ2n) is 6.73. The van der Waals surface area contributed by atoms with Gasteiger partial charge in [0.1, 0.15) is 0 Å². The van der Waals surface area contributed by atoms with Crippen molar-refractivity contribution >= 4 is 5.78 Å². The summed E-state index contributed by atoms with van der Waals surface area (Å²) in [6, 6.07) is 10.7. The molecule has 3 aliphatic heterocycles. The highest BCUT2D eigenvalue weighted by atomic mass is 16.1. The molecule has 1 unspecified atom stereocenters. The number of ketones is 1. The van der Waals surface area contributed by atoms with Gasteiger partial charge in [0.05, 0.1) is 6.04 Å². The predicted molar refractivity (Wildman–Crippen MR) is 95.5 cm³/mol. The summed E-state index contributed by atoms with van der Waals surface area (Å²) >= 11 is 0. The zero-order valence-electron chi connectivity index (χ0n) is 12.9. The van der Waals surface area contributed by atoms with E-state index in [9.17, 15) is 4.79 Å². The van der Waals surface area contributed by atoms with Crippen molar-refractivity contribution in [1.29, 1.82) is 0 Å². The molecule has 2 nitrogen and oxygen atoms in total. The monoisotopic (exact) mass is 309 g/mol. The van der Waals surface area contributed by atoms with E-state index >= 15 is 0 Å². The third-order valence-electron chi connectivity index (χ3n) is 5.47. The molecule has 3 fully saturated rings. The first-order chi connectivity index (χ1) is 10.8. The van der Waals surface area contributed by atoms with Crippen LogP contribution in [0.4, 0.5) is 0 Å². The SMILES string of the molecule is C.O=C1C2CCN(CC2)[C@H]1C(C1=CCCC=C1)c1ccccc1. The second-order valence-corrected chi connectivity index (χ2v) is 6.73. The number of hydrogen-bond donors (Lipinski definition) is 0. The second kappa shape index (κ2) is 6.84. The van der Waals surface area contributed by atoms with E-state index in [4.69, 9.17) is 0 Å². The molecule has 1 aromatic carbocycles. The number of carbonyl (C=O) groups excluding carboxylic acids is 1. The van der Waals surface area contributed by atoms with Crippen molar-refractivity contribution in [3.63, 3.8) is 0 Å². The number of rotatable bonds is 3. The van der Waals surface area contributed by atoms with Crippen LogP contribution < -0.4 is 0 Å². The van der Waals surface area contributed by atoms with Gasteiger partial charge in [0, 0.05) is 11.8 Å². The van der Waals surface area contributed by atoms with Gasteiger partial charge in [-0.3, -0.25) is 9.69 Å². The van der Waals surface area contributed by atoms with Crippen molar-refractivity contribution in [3.05, 3.63) is 59.7 Å². The van der Waals surface area contributed by atoms with E-state index in [2.05, 4.69) is 53.5 Å². The molecule has 2 heteroatoms. The molecule has 2 bridgehead atoms. The third-order valence-corrected chi connectivity index (χ3v) is 5.47. The Hall–Kier alpha value is -1.67. The molecule has 23 heavy (non-hydrogen) atoms. The first kappa shape index (κ1) is 16.2. The molecular weight excluding hydrogens is 282 g/mol. The van der Waals surface area contributed by atoms with E-state index in [1.807, 2.05) is 0 Å². The zero-order valence-corrected chi connectivity index (χ0v) is 12.9. The Morgan fingerprint density at radius 2 is 1.78 bits per heavy atom. The Balaban J connectivity index is 0.00000156. The Bertz CT molecular complexity index is 608. The Labute approximate surface area is 139 Å². The average molecular weight is 309 g/mol. The maximum Gasteiger partial charge on any atom is 0.154 e. The minimum absolute atomic E-state index is 0. The van der Waals surface area contributed by atoms with Gasteiger partial charge in [0.15, 0.2) is 5.78 Å². The van der Waals surface area contributed by atoms with E-state index in [1.165, 1.54) is 11.1 Å². The van der Waals surface area contributed by atoms with E-state index in [1.54, 1.807) is 0 Å². The number of Topliss-reactive ketones (excluding diaryl/α,β-unsaturated/α-hetero) is 1. The third kappa shape index (κ3) is 2.92. The topological polar surface area (TPSA) is 20.3 Å². The summed E-state index contributed by atoms with van der Waals surface area (Å²) in [7, 11) is 0. The fraction of sp³-hybridized carbons (Fsp3) is 0.476. The van der Waals surface area contributed by atoms with Crippen molar-refractivity contribution in [2.75, 3.05) is 13.1 Å².